The van der Waals surface area contributed by atoms with Crippen LogP contribution in [-0.2, 0) is 24.2 Å². The summed E-state index contributed by atoms with van der Waals surface area (Å²) in [6, 6.07) is 12.7. The van der Waals surface area contributed by atoms with Crippen LogP contribution in [-0.4, -0.2) is 81.4 Å². The second kappa shape index (κ2) is 15.7. The highest BCUT2D eigenvalue weighted by Crippen LogP contribution is 2.50. The van der Waals surface area contributed by atoms with Crippen molar-refractivity contribution < 1.29 is 42.8 Å². The zero-order valence-corrected chi connectivity index (χ0v) is 27.0. The van der Waals surface area contributed by atoms with Crippen LogP contribution < -0.4 is 9.64 Å². The molecule has 0 aliphatic carbocycles. The number of rotatable bonds is 17. The van der Waals surface area contributed by atoms with Crippen molar-refractivity contribution in [1.29, 1.82) is 0 Å². The number of hydrogen-bond donors (Lipinski definition) is 3. The van der Waals surface area contributed by atoms with E-state index in [1.54, 1.807) is 18.2 Å². The molecular formula is C33H47NO9S. The molecule has 0 unspecified atom stereocenters. The highest BCUT2D eigenvalue weighted by molar-refractivity contribution is 7.91. The molecule has 0 aromatic heterocycles. The molecule has 1 aliphatic heterocycles. The van der Waals surface area contributed by atoms with Crippen LogP contribution in [0.15, 0.2) is 47.4 Å². The number of aliphatic hydroxyl groups is 1. The largest absolute Gasteiger partial charge is 0.491 e. The average molecular weight is 634 g/mol. The first-order chi connectivity index (χ1) is 20.9. The van der Waals surface area contributed by atoms with Crippen LogP contribution in [0.2, 0.25) is 0 Å². The SMILES string of the molecule is CCCCC1(CCCC)CS(=O)(=O)c2ccc(N(C)C)cc2[C@H](c2ccc(OCCOCCC(C(=O)O)C(=O)O)cc2)[C@@H]1O. The summed E-state index contributed by atoms with van der Waals surface area (Å²) < 4.78 is 39.1. The number of unbranched alkanes of at least 4 members (excludes halogenated alkanes) is 2. The second-order valence-electron chi connectivity index (χ2n) is 11.9. The van der Waals surface area contributed by atoms with Gasteiger partial charge in [-0.3, -0.25) is 9.59 Å². The van der Waals surface area contributed by atoms with E-state index in [0.717, 1.165) is 36.9 Å². The number of hydrogen-bond acceptors (Lipinski definition) is 8. The molecule has 2 aromatic rings. The van der Waals surface area contributed by atoms with E-state index in [9.17, 15) is 23.1 Å². The van der Waals surface area contributed by atoms with Crippen molar-refractivity contribution in [2.45, 2.75) is 75.7 Å². The smallest absolute Gasteiger partial charge is 0.317 e. The molecule has 0 saturated heterocycles. The number of aliphatic carboxylic acids is 2. The van der Waals surface area contributed by atoms with Crippen molar-refractivity contribution >= 4 is 27.5 Å². The lowest BCUT2D eigenvalue weighted by atomic mass is 9.68. The van der Waals surface area contributed by atoms with Crippen molar-refractivity contribution in [2.75, 3.05) is 44.6 Å². The predicted molar refractivity (Wildman–Crippen MR) is 168 cm³/mol. The number of aliphatic hydroxyl groups excluding tert-OH is 1. The van der Waals surface area contributed by atoms with Gasteiger partial charge < -0.3 is 29.7 Å². The number of ether oxygens (including phenoxy) is 2. The molecule has 0 spiro atoms. The molecule has 1 aliphatic rings. The van der Waals surface area contributed by atoms with Crippen molar-refractivity contribution in [1.82, 2.24) is 0 Å². The van der Waals surface area contributed by atoms with E-state index < -0.39 is 45.1 Å². The van der Waals surface area contributed by atoms with Crippen LogP contribution in [0.1, 0.15) is 75.8 Å². The van der Waals surface area contributed by atoms with Crippen LogP contribution in [0, 0.1) is 11.3 Å². The minimum absolute atomic E-state index is 0.0276. The summed E-state index contributed by atoms with van der Waals surface area (Å²) in [5, 5.41) is 30.2. The third kappa shape index (κ3) is 8.51. The molecule has 11 heteroatoms. The monoisotopic (exact) mass is 633 g/mol. The zero-order chi connectivity index (χ0) is 32.5. The molecule has 44 heavy (non-hydrogen) atoms. The third-order valence-electron chi connectivity index (χ3n) is 8.54. The molecule has 1 heterocycles. The van der Waals surface area contributed by atoms with Gasteiger partial charge in [-0.25, -0.2) is 8.42 Å². The van der Waals surface area contributed by atoms with Crippen molar-refractivity contribution in [3.63, 3.8) is 0 Å². The Morgan fingerprint density at radius 1 is 0.955 bits per heavy atom. The standard InChI is InChI=1S/C33H47NO9S/c1-5-7-16-33(17-8-6-2)22-44(40,41)28-14-11-24(34(3)4)21-27(28)29(30(33)35)23-9-12-25(13-10-23)43-20-19-42-18-15-26(31(36)37)32(38)39/h9-14,21,26,29-30,35H,5-8,15-20,22H2,1-4H3,(H,36,37)(H,38,39)/t29-,30-/m0/s1. The van der Waals surface area contributed by atoms with E-state index in [4.69, 9.17) is 19.7 Å². The second-order valence-corrected chi connectivity index (χ2v) is 13.9. The molecule has 0 fully saturated rings. The third-order valence-corrected chi connectivity index (χ3v) is 10.5. The van der Waals surface area contributed by atoms with Gasteiger partial charge in [-0.15, -0.1) is 0 Å². The van der Waals surface area contributed by atoms with E-state index in [1.165, 1.54) is 0 Å². The predicted octanol–water partition coefficient (Wildman–Crippen LogP) is 4.97. The summed E-state index contributed by atoms with van der Waals surface area (Å²) in [4.78, 5) is 24.2. The van der Waals surface area contributed by atoms with Crippen LogP contribution >= 0.6 is 0 Å². The van der Waals surface area contributed by atoms with Gasteiger partial charge in [0.25, 0.3) is 0 Å². The van der Waals surface area contributed by atoms with Crippen LogP contribution in [0.5, 0.6) is 5.75 Å². The molecule has 2 atom stereocenters. The Balaban J connectivity index is 1.89. The van der Waals surface area contributed by atoms with Crippen molar-refractivity contribution in [3.8, 4) is 5.75 Å². The summed E-state index contributed by atoms with van der Waals surface area (Å²) in [6.45, 7) is 4.44. The number of nitrogens with zero attached hydrogens (tertiary/aromatic N) is 1. The zero-order valence-electron chi connectivity index (χ0n) is 26.2. The molecule has 0 bridgehead atoms. The fraction of sp³-hybridized carbons (Fsp3) is 0.576. The topological polar surface area (TPSA) is 151 Å². The lowest BCUT2D eigenvalue weighted by Gasteiger charge is -2.40. The Morgan fingerprint density at radius 3 is 2.11 bits per heavy atom. The Hall–Kier alpha value is -3.15. The quantitative estimate of drug-likeness (QED) is 0.161. The highest BCUT2D eigenvalue weighted by atomic mass is 32.2. The number of carboxylic acid groups (broad SMARTS) is 2. The van der Waals surface area contributed by atoms with E-state index in [-0.39, 0.29) is 36.9 Å². The maximum absolute atomic E-state index is 14.0. The first-order valence-electron chi connectivity index (χ1n) is 15.3. The number of benzene rings is 2. The van der Waals surface area contributed by atoms with Gasteiger partial charge in [-0.2, -0.15) is 0 Å². The van der Waals surface area contributed by atoms with Gasteiger partial charge in [0.05, 0.1) is 23.4 Å². The van der Waals surface area contributed by atoms with Crippen LogP contribution in [0.25, 0.3) is 0 Å². The van der Waals surface area contributed by atoms with E-state index in [2.05, 4.69) is 13.8 Å². The molecule has 0 saturated carbocycles. The Bertz CT molecular complexity index is 1340. The molecule has 244 valence electrons. The maximum atomic E-state index is 14.0. The van der Waals surface area contributed by atoms with Crippen molar-refractivity contribution in [2.24, 2.45) is 11.3 Å². The average Bonchev–Trinajstić information content (AvgIpc) is 3.04. The summed E-state index contributed by atoms with van der Waals surface area (Å²) >= 11 is 0. The lowest BCUT2D eigenvalue weighted by molar-refractivity contribution is -0.155. The minimum atomic E-state index is -3.69. The van der Waals surface area contributed by atoms with Gasteiger partial charge in [-0.1, -0.05) is 51.7 Å². The lowest BCUT2D eigenvalue weighted by Crippen LogP contribution is -2.43. The Labute approximate surface area is 260 Å². The summed E-state index contributed by atoms with van der Waals surface area (Å²) in [6.07, 6.45) is 3.63. The van der Waals surface area contributed by atoms with E-state index >= 15 is 0 Å². The maximum Gasteiger partial charge on any atom is 0.317 e. The van der Waals surface area contributed by atoms with Crippen molar-refractivity contribution in [3.05, 3.63) is 53.6 Å². The number of sulfone groups is 1. The number of carboxylic acids is 2. The normalized spacial score (nSPS) is 18.8. The van der Waals surface area contributed by atoms with E-state index in [0.29, 0.717) is 24.2 Å². The van der Waals surface area contributed by atoms with E-state index in [1.807, 2.05) is 43.3 Å². The number of anilines is 1. The molecular weight excluding hydrogens is 586 g/mol. The molecule has 3 rings (SSSR count). The fourth-order valence-corrected chi connectivity index (χ4v) is 8.23. The number of carbonyl (C=O) groups is 2. The summed E-state index contributed by atoms with van der Waals surface area (Å²) in [5.41, 5.74) is 1.45. The van der Waals surface area contributed by atoms with Gasteiger partial charge in [0.2, 0.25) is 0 Å². The van der Waals surface area contributed by atoms with Crippen LogP contribution in [0.4, 0.5) is 5.69 Å². The first kappa shape index (κ1) is 35.3. The van der Waals surface area contributed by atoms with Gasteiger partial charge >= 0.3 is 11.9 Å². The van der Waals surface area contributed by atoms with Gasteiger partial charge in [0, 0.05) is 37.7 Å². The number of fused-ring (bicyclic) bond motifs is 1. The van der Waals surface area contributed by atoms with Crippen LogP contribution in [0.3, 0.4) is 0 Å². The van der Waals surface area contributed by atoms with Gasteiger partial charge in [0.1, 0.15) is 12.4 Å². The van der Waals surface area contributed by atoms with Gasteiger partial charge in [0.15, 0.2) is 15.8 Å². The Kier molecular flexibility index (Phi) is 12.6. The fourth-order valence-electron chi connectivity index (χ4n) is 6.04. The molecule has 2 aromatic carbocycles. The molecule has 3 N–H and O–H groups in total. The molecule has 0 radical (unpaired) electrons. The first-order valence-corrected chi connectivity index (χ1v) is 17.0. The van der Waals surface area contributed by atoms with Gasteiger partial charge in [-0.05, 0) is 60.7 Å². The highest BCUT2D eigenvalue weighted by Gasteiger charge is 2.49. The summed E-state index contributed by atoms with van der Waals surface area (Å²) in [7, 11) is 0.112. The molecule has 0 amide bonds. The summed E-state index contributed by atoms with van der Waals surface area (Å²) in [5.74, 6) is -4.42. The molecule has 10 nitrogen and oxygen atoms in total. The minimum Gasteiger partial charge on any atom is -0.491 e. The Morgan fingerprint density at radius 2 is 1.57 bits per heavy atom.